The Labute approximate surface area is 118 Å². The third-order valence-corrected chi connectivity index (χ3v) is 3.63. The number of rotatable bonds is 3. The van der Waals surface area contributed by atoms with Crippen molar-refractivity contribution in [3.05, 3.63) is 23.0 Å². The van der Waals surface area contributed by atoms with Gasteiger partial charge in [-0.15, -0.1) is 0 Å². The van der Waals surface area contributed by atoms with Gasteiger partial charge in [0.1, 0.15) is 0 Å². The van der Waals surface area contributed by atoms with E-state index in [-0.39, 0.29) is 5.91 Å². The number of carbonyl (C=O) groups is 1. The minimum atomic E-state index is -0.855. The molecule has 110 valence electrons. The van der Waals surface area contributed by atoms with Crippen LogP contribution in [0.4, 0.5) is 0 Å². The maximum atomic E-state index is 12.4. The van der Waals surface area contributed by atoms with Crippen LogP contribution in [-0.4, -0.2) is 58.5 Å². The largest absolute Gasteiger partial charge is 0.388 e. The molecule has 2 rings (SSSR count). The molecule has 1 aliphatic heterocycles. The molecule has 20 heavy (non-hydrogen) atoms. The first-order chi connectivity index (χ1) is 9.41. The Morgan fingerprint density at radius 2 is 2.05 bits per heavy atom. The van der Waals surface area contributed by atoms with Crippen molar-refractivity contribution in [2.75, 3.05) is 26.8 Å². The Balaban J connectivity index is 2.10. The zero-order valence-corrected chi connectivity index (χ0v) is 12.2. The molecule has 0 radical (unpaired) electrons. The molecule has 2 heterocycles. The molecule has 0 bridgehead atoms. The van der Waals surface area contributed by atoms with Crippen molar-refractivity contribution in [1.29, 1.82) is 0 Å². The SMILES string of the molecule is Cc1cc(C(=O)N(C)CC2(O)CCOCC2)c(C)nn1. The summed E-state index contributed by atoms with van der Waals surface area (Å²) < 4.78 is 5.24. The number of carbonyl (C=O) groups excluding carboxylic acids is 1. The summed E-state index contributed by atoms with van der Waals surface area (Å²) in [4.78, 5) is 14.0. The molecule has 0 saturated carbocycles. The molecule has 6 nitrogen and oxygen atoms in total. The normalized spacial score (nSPS) is 17.8. The molecule has 1 amide bonds. The van der Waals surface area contributed by atoms with Gasteiger partial charge in [-0.2, -0.15) is 10.2 Å². The van der Waals surface area contributed by atoms with Crippen LogP contribution in [-0.2, 0) is 4.74 Å². The first-order valence-corrected chi connectivity index (χ1v) is 6.78. The number of aromatic nitrogens is 2. The Morgan fingerprint density at radius 3 is 2.70 bits per heavy atom. The summed E-state index contributed by atoms with van der Waals surface area (Å²) in [7, 11) is 1.70. The summed E-state index contributed by atoms with van der Waals surface area (Å²) in [6, 6.07) is 1.73. The van der Waals surface area contributed by atoms with Crippen molar-refractivity contribution in [3.8, 4) is 0 Å². The zero-order valence-electron chi connectivity index (χ0n) is 12.2. The van der Waals surface area contributed by atoms with Crippen LogP contribution in [0.15, 0.2) is 6.07 Å². The van der Waals surface area contributed by atoms with E-state index < -0.39 is 5.60 Å². The van der Waals surface area contributed by atoms with Gasteiger partial charge in [0.05, 0.1) is 22.6 Å². The average Bonchev–Trinajstić information content (AvgIpc) is 2.41. The second-order valence-electron chi connectivity index (χ2n) is 5.48. The fourth-order valence-corrected chi connectivity index (χ4v) is 2.39. The maximum Gasteiger partial charge on any atom is 0.255 e. The zero-order chi connectivity index (χ0) is 14.8. The molecular formula is C14H21N3O3. The van der Waals surface area contributed by atoms with Gasteiger partial charge in [0.25, 0.3) is 5.91 Å². The summed E-state index contributed by atoms with van der Waals surface area (Å²) >= 11 is 0. The highest BCUT2D eigenvalue weighted by atomic mass is 16.5. The van der Waals surface area contributed by atoms with E-state index in [1.807, 2.05) is 0 Å². The molecular weight excluding hydrogens is 258 g/mol. The summed E-state index contributed by atoms with van der Waals surface area (Å²) in [6.07, 6.45) is 1.11. The van der Waals surface area contributed by atoms with Gasteiger partial charge in [0.2, 0.25) is 0 Å². The fraction of sp³-hybridized carbons (Fsp3) is 0.643. The van der Waals surface area contributed by atoms with Crippen LogP contribution in [0, 0.1) is 13.8 Å². The van der Waals surface area contributed by atoms with Gasteiger partial charge in [0.15, 0.2) is 0 Å². The van der Waals surface area contributed by atoms with Gasteiger partial charge in [0, 0.05) is 39.6 Å². The van der Waals surface area contributed by atoms with Crippen LogP contribution in [0.1, 0.15) is 34.6 Å². The van der Waals surface area contributed by atoms with Gasteiger partial charge in [-0.05, 0) is 19.9 Å². The fourth-order valence-electron chi connectivity index (χ4n) is 2.39. The molecule has 0 aromatic carbocycles. The van der Waals surface area contributed by atoms with Crippen molar-refractivity contribution < 1.29 is 14.6 Å². The molecule has 1 saturated heterocycles. The van der Waals surface area contributed by atoms with Crippen LogP contribution >= 0.6 is 0 Å². The highest BCUT2D eigenvalue weighted by Gasteiger charge is 2.32. The number of nitrogens with zero attached hydrogens (tertiary/aromatic N) is 3. The summed E-state index contributed by atoms with van der Waals surface area (Å²) in [5, 5.41) is 18.3. The lowest BCUT2D eigenvalue weighted by Gasteiger charge is -2.35. The highest BCUT2D eigenvalue weighted by molar-refractivity contribution is 5.95. The topological polar surface area (TPSA) is 75.6 Å². The van der Waals surface area contributed by atoms with E-state index in [1.54, 1.807) is 31.9 Å². The lowest BCUT2D eigenvalue weighted by atomic mass is 9.93. The molecule has 1 fully saturated rings. The second kappa shape index (κ2) is 5.85. The molecule has 0 aliphatic carbocycles. The molecule has 1 N–H and O–H groups in total. The number of hydrogen-bond donors (Lipinski definition) is 1. The quantitative estimate of drug-likeness (QED) is 0.881. The van der Waals surface area contributed by atoms with Crippen LogP contribution < -0.4 is 0 Å². The van der Waals surface area contributed by atoms with Crippen LogP contribution in [0.25, 0.3) is 0 Å². The third-order valence-electron chi connectivity index (χ3n) is 3.63. The van der Waals surface area contributed by atoms with E-state index in [2.05, 4.69) is 10.2 Å². The molecule has 0 unspecified atom stereocenters. The third kappa shape index (κ3) is 3.32. The Bertz CT molecular complexity index is 498. The van der Waals surface area contributed by atoms with Crippen LogP contribution in [0.3, 0.4) is 0 Å². The summed E-state index contributed by atoms with van der Waals surface area (Å²) in [6.45, 7) is 4.93. The van der Waals surface area contributed by atoms with Crippen molar-refractivity contribution in [3.63, 3.8) is 0 Å². The monoisotopic (exact) mass is 279 g/mol. The van der Waals surface area contributed by atoms with Crippen molar-refractivity contribution in [1.82, 2.24) is 15.1 Å². The highest BCUT2D eigenvalue weighted by Crippen LogP contribution is 2.22. The van der Waals surface area contributed by atoms with Gasteiger partial charge in [-0.25, -0.2) is 0 Å². The lowest BCUT2D eigenvalue weighted by Crippen LogP contribution is -2.47. The average molecular weight is 279 g/mol. The summed E-state index contributed by atoms with van der Waals surface area (Å²) in [5.41, 5.74) is 0.991. The van der Waals surface area contributed by atoms with Crippen molar-refractivity contribution in [2.24, 2.45) is 0 Å². The minimum Gasteiger partial charge on any atom is -0.388 e. The predicted molar refractivity (Wildman–Crippen MR) is 73.5 cm³/mol. The molecule has 0 atom stereocenters. The van der Waals surface area contributed by atoms with Crippen LogP contribution in [0.2, 0.25) is 0 Å². The van der Waals surface area contributed by atoms with Gasteiger partial charge in [-0.1, -0.05) is 0 Å². The smallest absolute Gasteiger partial charge is 0.255 e. The van der Waals surface area contributed by atoms with Crippen LogP contribution in [0.5, 0.6) is 0 Å². The van der Waals surface area contributed by atoms with E-state index >= 15 is 0 Å². The standard InChI is InChI=1S/C14H21N3O3/c1-10-8-12(11(2)16-15-10)13(18)17(3)9-14(19)4-6-20-7-5-14/h8,19H,4-7,9H2,1-3H3. The van der Waals surface area contributed by atoms with E-state index in [0.717, 1.165) is 0 Å². The Kier molecular flexibility index (Phi) is 4.35. The number of ether oxygens (including phenoxy) is 1. The van der Waals surface area contributed by atoms with Gasteiger partial charge in [-0.3, -0.25) is 4.79 Å². The Hall–Kier alpha value is -1.53. The maximum absolute atomic E-state index is 12.4. The van der Waals surface area contributed by atoms with E-state index in [9.17, 15) is 9.90 Å². The molecule has 1 aromatic rings. The van der Waals surface area contributed by atoms with Crippen molar-refractivity contribution >= 4 is 5.91 Å². The van der Waals surface area contributed by atoms with E-state index in [1.165, 1.54) is 0 Å². The molecule has 6 heteroatoms. The predicted octanol–water partition coefficient (Wildman–Crippen LogP) is 0.707. The molecule has 1 aliphatic rings. The van der Waals surface area contributed by atoms with Gasteiger partial charge >= 0.3 is 0 Å². The second-order valence-corrected chi connectivity index (χ2v) is 5.48. The number of likely N-dealkylation sites (N-methyl/N-ethyl adjacent to an activating group) is 1. The first kappa shape index (κ1) is 14.9. The van der Waals surface area contributed by atoms with Crippen molar-refractivity contribution in [2.45, 2.75) is 32.3 Å². The number of aliphatic hydroxyl groups is 1. The number of hydrogen-bond acceptors (Lipinski definition) is 5. The number of aryl methyl sites for hydroxylation is 2. The van der Waals surface area contributed by atoms with Gasteiger partial charge < -0.3 is 14.7 Å². The molecule has 1 aromatic heterocycles. The Morgan fingerprint density at radius 1 is 1.40 bits per heavy atom. The van der Waals surface area contributed by atoms with E-state index in [4.69, 9.17) is 4.74 Å². The lowest BCUT2D eigenvalue weighted by molar-refractivity contribution is -0.0734. The first-order valence-electron chi connectivity index (χ1n) is 6.78. The summed E-state index contributed by atoms with van der Waals surface area (Å²) in [5.74, 6) is -0.139. The minimum absolute atomic E-state index is 0.139. The molecule has 0 spiro atoms. The van der Waals surface area contributed by atoms with E-state index in [0.29, 0.717) is 49.6 Å². The number of amides is 1.